The molecule has 1 aliphatic rings. The molecule has 1 amide bonds. The highest BCUT2D eigenvalue weighted by atomic mass is 35.5. The molecule has 1 fully saturated rings. The zero-order valence-corrected chi connectivity index (χ0v) is 12.5. The van der Waals surface area contributed by atoms with Crippen LogP contribution in [0.3, 0.4) is 0 Å². The van der Waals surface area contributed by atoms with Gasteiger partial charge in [-0.2, -0.15) is 0 Å². The van der Waals surface area contributed by atoms with E-state index in [4.69, 9.17) is 11.6 Å². The third-order valence-electron chi connectivity index (χ3n) is 3.46. The lowest BCUT2D eigenvalue weighted by atomic mass is 10.2. The Kier molecular flexibility index (Phi) is 5.09. The number of carbonyl (C=O) groups is 1. The summed E-state index contributed by atoms with van der Waals surface area (Å²) in [6, 6.07) is 6.21. The summed E-state index contributed by atoms with van der Waals surface area (Å²) in [5.74, 6) is 0. The fourth-order valence-corrected chi connectivity index (χ4v) is 2.65. The number of nitrogens with zero attached hydrogens (tertiary/aromatic N) is 1. The Hall–Kier alpha value is -1.46. The Morgan fingerprint density at radius 1 is 1.55 bits per heavy atom. The Labute approximate surface area is 124 Å². The van der Waals surface area contributed by atoms with E-state index in [9.17, 15) is 4.79 Å². The molecule has 6 heteroatoms. The number of carbonyl (C=O) groups excluding carboxylic acids is 1. The summed E-state index contributed by atoms with van der Waals surface area (Å²) < 4.78 is 4.62. The Morgan fingerprint density at radius 3 is 3.00 bits per heavy atom. The quantitative estimate of drug-likeness (QED) is 0.892. The SMILES string of the molecule is CNCc1ccc(N2CCC(NC(=O)OC)C2)cc1Cl. The van der Waals surface area contributed by atoms with E-state index in [1.54, 1.807) is 0 Å². The molecule has 0 saturated carbocycles. The molecule has 1 aromatic carbocycles. The van der Waals surface area contributed by atoms with E-state index in [0.29, 0.717) is 0 Å². The molecule has 2 rings (SSSR count). The van der Waals surface area contributed by atoms with Crippen LogP contribution in [0.1, 0.15) is 12.0 Å². The minimum atomic E-state index is -0.376. The molecule has 1 atom stereocenters. The van der Waals surface area contributed by atoms with Gasteiger partial charge in [0.15, 0.2) is 0 Å². The Balaban J connectivity index is 1.99. The monoisotopic (exact) mass is 297 g/mol. The number of methoxy groups -OCH3 is 1. The van der Waals surface area contributed by atoms with E-state index in [1.807, 2.05) is 19.2 Å². The van der Waals surface area contributed by atoms with Crippen LogP contribution in [0.15, 0.2) is 18.2 Å². The molecule has 1 aliphatic heterocycles. The van der Waals surface area contributed by atoms with Crippen molar-refractivity contribution in [1.29, 1.82) is 0 Å². The van der Waals surface area contributed by atoms with Crippen molar-refractivity contribution in [2.45, 2.75) is 19.0 Å². The van der Waals surface area contributed by atoms with Crippen molar-refractivity contribution in [2.24, 2.45) is 0 Å². The van der Waals surface area contributed by atoms with Gasteiger partial charge in [0.2, 0.25) is 0 Å². The Morgan fingerprint density at radius 2 is 2.35 bits per heavy atom. The molecule has 2 N–H and O–H groups in total. The zero-order chi connectivity index (χ0) is 14.5. The van der Waals surface area contributed by atoms with Crippen molar-refractivity contribution in [3.63, 3.8) is 0 Å². The van der Waals surface area contributed by atoms with Gasteiger partial charge in [0.25, 0.3) is 0 Å². The summed E-state index contributed by atoms with van der Waals surface area (Å²) in [5.41, 5.74) is 2.17. The third-order valence-corrected chi connectivity index (χ3v) is 3.82. The molecule has 1 heterocycles. The van der Waals surface area contributed by atoms with Crippen LogP contribution in [-0.4, -0.2) is 39.4 Å². The molecule has 20 heavy (non-hydrogen) atoms. The van der Waals surface area contributed by atoms with Crippen LogP contribution < -0.4 is 15.5 Å². The number of halogens is 1. The third kappa shape index (κ3) is 3.55. The van der Waals surface area contributed by atoms with E-state index in [-0.39, 0.29) is 12.1 Å². The van der Waals surface area contributed by atoms with Gasteiger partial charge in [-0.15, -0.1) is 0 Å². The molecule has 0 spiro atoms. The van der Waals surface area contributed by atoms with Crippen LogP contribution in [0.5, 0.6) is 0 Å². The number of rotatable bonds is 4. The fraction of sp³-hybridized carbons (Fsp3) is 0.500. The van der Waals surface area contributed by atoms with Crippen molar-refractivity contribution >= 4 is 23.4 Å². The second-order valence-electron chi connectivity index (χ2n) is 4.87. The first-order valence-electron chi connectivity index (χ1n) is 6.66. The molecule has 0 aromatic heterocycles. The van der Waals surface area contributed by atoms with Crippen LogP contribution in [0.2, 0.25) is 5.02 Å². The first kappa shape index (κ1) is 14.9. The number of ether oxygens (including phenoxy) is 1. The standard InChI is InChI=1S/C14H20ClN3O2/c1-16-8-10-3-4-12(7-13(10)15)18-6-5-11(9-18)17-14(19)20-2/h3-4,7,11,16H,5-6,8-9H2,1-2H3,(H,17,19). The number of hydrogen-bond donors (Lipinski definition) is 2. The molecule has 0 radical (unpaired) electrons. The molecule has 0 bridgehead atoms. The Bertz CT molecular complexity index is 481. The highest BCUT2D eigenvalue weighted by molar-refractivity contribution is 6.31. The van der Waals surface area contributed by atoms with Crippen molar-refractivity contribution in [3.05, 3.63) is 28.8 Å². The number of nitrogens with one attached hydrogen (secondary N) is 2. The number of hydrogen-bond acceptors (Lipinski definition) is 4. The minimum absolute atomic E-state index is 0.123. The van der Waals surface area contributed by atoms with Gasteiger partial charge in [-0.05, 0) is 31.2 Å². The molecular weight excluding hydrogens is 278 g/mol. The van der Waals surface area contributed by atoms with E-state index in [0.717, 1.165) is 42.3 Å². The van der Waals surface area contributed by atoms with Gasteiger partial charge in [0, 0.05) is 30.3 Å². The summed E-state index contributed by atoms with van der Waals surface area (Å²) in [4.78, 5) is 13.4. The summed E-state index contributed by atoms with van der Waals surface area (Å²) in [7, 11) is 3.27. The number of anilines is 1. The van der Waals surface area contributed by atoms with Crippen molar-refractivity contribution in [3.8, 4) is 0 Å². The maximum atomic E-state index is 11.2. The van der Waals surface area contributed by atoms with E-state index < -0.39 is 0 Å². The smallest absolute Gasteiger partial charge is 0.407 e. The van der Waals surface area contributed by atoms with Gasteiger partial charge in [-0.25, -0.2) is 4.79 Å². The van der Waals surface area contributed by atoms with Crippen LogP contribution in [0, 0.1) is 0 Å². The van der Waals surface area contributed by atoms with Gasteiger partial charge in [0.05, 0.1) is 13.2 Å². The lowest BCUT2D eigenvalue weighted by molar-refractivity contribution is 0.167. The van der Waals surface area contributed by atoms with E-state index in [2.05, 4.69) is 26.3 Å². The van der Waals surface area contributed by atoms with Crippen molar-refractivity contribution in [2.75, 3.05) is 32.1 Å². The largest absolute Gasteiger partial charge is 0.453 e. The molecule has 1 saturated heterocycles. The summed E-state index contributed by atoms with van der Waals surface area (Å²) in [6.07, 6.45) is 0.532. The van der Waals surface area contributed by atoms with Crippen LogP contribution in [-0.2, 0) is 11.3 Å². The highest BCUT2D eigenvalue weighted by Crippen LogP contribution is 2.26. The van der Waals surface area contributed by atoms with E-state index >= 15 is 0 Å². The van der Waals surface area contributed by atoms with Gasteiger partial charge < -0.3 is 20.3 Å². The second-order valence-corrected chi connectivity index (χ2v) is 5.28. The van der Waals surface area contributed by atoms with Crippen molar-refractivity contribution in [1.82, 2.24) is 10.6 Å². The number of benzene rings is 1. The predicted molar refractivity (Wildman–Crippen MR) is 80.4 cm³/mol. The minimum Gasteiger partial charge on any atom is -0.453 e. The normalized spacial score (nSPS) is 18.1. The van der Waals surface area contributed by atoms with Gasteiger partial charge in [-0.3, -0.25) is 0 Å². The zero-order valence-electron chi connectivity index (χ0n) is 11.8. The molecule has 0 aliphatic carbocycles. The van der Waals surface area contributed by atoms with Gasteiger partial charge in [-0.1, -0.05) is 17.7 Å². The van der Waals surface area contributed by atoms with Crippen LogP contribution in [0.25, 0.3) is 0 Å². The van der Waals surface area contributed by atoms with Crippen molar-refractivity contribution < 1.29 is 9.53 Å². The van der Waals surface area contributed by atoms with Crippen LogP contribution in [0.4, 0.5) is 10.5 Å². The van der Waals surface area contributed by atoms with Gasteiger partial charge >= 0.3 is 6.09 Å². The molecule has 5 nitrogen and oxygen atoms in total. The first-order valence-corrected chi connectivity index (χ1v) is 7.04. The molecule has 1 unspecified atom stereocenters. The molecule has 110 valence electrons. The maximum absolute atomic E-state index is 11.2. The average Bonchev–Trinajstić information content (AvgIpc) is 2.89. The first-order chi connectivity index (χ1) is 9.63. The van der Waals surface area contributed by atoms with Gasteiger partial charge in [0.1, 0.15) is 0 Å². The van der Waals surface area contributed by atoms with E-state index in [1.165, 1.54) is 7.11 Å². The number of alkyl carbamates (subject to hydrolysis) is 1. The summed E-state index contributed by atoms with van der Waals surface area (Å²) in [6.45, 7) is 2.43. The lowest BCUT2D eigenvalue weighted by Crippen LogP contribution is -2.36. The fourth-order valence-electron chi connectivity index (χ4n) is 2.40. The summed E-state index contributed by atoms with van der Waals surface area (Å²) >= 11 is 6.27. The second kappa shape index (κ2) is 6.81. The topological polar surface area (TPSA) is 53.6 Å². The summed E-state index contributed by atoms with van der Waals surface area (Å²) in [5, 5.41) is 6.68. The molecular formula is C14H20ClN3O2. The van der Waals surface area contributed by atoms with Crippen LogP contribution >= 0.6 is 11.6 Å². The maximum Gasteiger partial charge on any atom is 0.407 e. The molecule has 1 aromatic rings. The average molecular weight is 298 g/mol. The lowest BCUT2D eigenvalue weighted by Gasteiger charge is -2.20. The number of amides is 1. The highest BCUT2D eigenvalue weighted by Gasteiger charge is 2.24. The predicted octanol–water partition coefficient (Wildman–Crippen LogP) is 1.99.